The second-order valence-corrected chi connectivity index (χ2v) is 1.66. The van der Waals surface area contributed by atoms with Crippen LogP contribution in [-0.4, -0.2) is 33.9 Å². The number of rotatable bonds is 4. The zero-order chi connectivity index (χ0) is 6.41. The van der Waals surface area contributed by atoms with E-state index in [1.165, 1.54) is 0 Å². The molecule has 1 N–H and O–H groups in total. The first-order valence-corrected chi connectivity index (χ1v) is 2.66. The topological polar surface area (TPSA) is 30.9 Å². The second-order valence-electron chi connectivity index (χ2n) is 1.66. The molecule has 1 atom stereocenters. The Bertz CT molecular complexity index is 62.7. The van der Waals surface area contributed by atoms with Crippen LogP contribution in [0.5, 0.6) is 0 Å². The van der Waals surface area contributed by atoms with Crippen LogP contribution in [0.25, 0.3) is 5.43 Å². The molecule has 0 radical (unpaired) electrons. The van der Waals surface area contributed by atoms with Gasteiger partial charge >= 0.3 is 0 Å². The minimum atomic E-state index is 0.795. The van der Waals surface area contributed by atoms with Crippen molar-refractivity contribution in [2.24, 2.45) is 4.99 Å². The van der Waals surface area contributed by atoms with Gasteiger partial charge in [0.1, 0.15) is 0 Å². The van der Waals surface area contributed by atoms with Crippen LogP contribution >= 0.6 is 0 Å². The molecule has 0 aromatic rings. The Morgan fingerprint density at radius 3 is 2.75 bits per heavy atom. The largest absolute Gasteiger partial charge is 0.458 e. The third-order valence-electron chi connectivity index (χ3n) is 1.01. The molecule has 0 saturated heterocycles. The maximum atomic E-state index is 3.95. The molecule has 0 aliphatic rings. The van der Waals surface area contributed by atoms with E-state index in [2.05, 4.69) is 17.1 Å². The summed E-state index contributed by atoms with van der Waals surface area (Å²) < 4.78 is 0. The predicted molar refractivity (Wildman–Crippen MR) is 35.5 cm³/mol. The quantitative estimate of drug-likeness (QED) is 0.364. The van der Waals surface area contributed by atoms with Crippen LogP contribution in [0.1, 0.15) is 0 Å². The van der Waals surface area contributed by atoms with Gasteiger partial charge in [0, 0.05) is 0 Å². The molecule has 0 bridgehead atoms. The van der Waals surface area contributed by atoms with Crippen molar-refractivity contribution in [2.45, 2.75) is 0 Å². The van der Waals surface area contributed by atoms with Crippen molar-refractivity contribution in [1.82, 2.24) is 0 Å². The Hall–Kier alpha value is -0.410. The summed E-state index contributed by atoms with van der Waals surface area (Å²) in [4.78, 5) is 3.69. The number of aliphatic imine (C=N–C) groups is 1. The van der Waals surface area contributed by atoms with Gasteiger partial charge in [-0.3, -0.25) is 4.99 Å². The van der Waals surface area contributed by atoms with Crippen molar-refractivity contribution < 1.29 is 5.01 Å². The number of hydrogen-bond acceptors (Lipinski definition) is 1. The van der Waals surface area contributed by atoms with Gasteiger partial charge in [0.05, 0.1) is 20.1 Å². The molecule has 0 heterocycles. The maximum absolute atomic E-state index is 3.95. The summed E-state index contributed by atoms with van der Waals surface area (Å²) >= 11 is 0. The van der Waals surface area contributed by atoms with Gasteiger partial charge in [0.15, 0.2) is 0 Å². The predicted octanol–water partition coefficient (Wildman–Crippen LogP) is -0.880. The molecular weight excluding hydrogens is 102 g/mol. The molecule has 48 valence electrons. The fraction of sp³-hybridized carbons (Fsp3) is 0.800. The van der Waals surface area contributed by atoms with Crippen molar-refractivity contribution in [3.05, 3.63) is 5.43 Å². The number of nitrogens with zero attached hydrogens (tertiary/aromatic N) is 2. The van der Waals surface area contributed by atoms with Gasteiger partial charge in [-0.2, -0.15) is 0 Å². The Balaban J connectivity index is 2.97. The van der Waals surface area contributed by atoms with Gasteiger partial charge in [-0.05, 0) is 6.72 Å². The summed E-state index contributed by atoms with van der Waals surface area (Å²) in [6.07, 6.45) is 0. The summed E-state index contributed by atoms with van der Waals surface area (Å²) in [6.45, 7) is 5.10. The third-order valence-corrected chi connectivity index (χ3v) is 1.01. The van der Waals surface area contributed by atoms with Crippen molar-refractivity contribution in [1.29, 1.82) is 0 Å². The van der Waals surface area contributed by atoms with E-state index in [0.29, 0.717) is 0 Å². The molecule has 1 unspecified atom stereocenters. The molecule has 3 heteroatoms. The van der Waals surface area contributed by atoms with Gasteiger partial charge in [-0.1, -0.05) is 0 Å². The monoisotopic (exact) mass is 115 g/mol. The minimum Gasteiger partial charge on any atom is -0.458 e. The second kappa shape index (κ2) is 4.74. The summed E-state index contributed by atoms with van der Waals surface area (Å²) in [6, 6.07) is 0. The van der Waals surface area contributed by atoms with Crippen LogP contribution in [0.4, 0.5) is 0 Å². The minimum absolute atomic E-state index is 0.795. The highest BCUT2D eigenvalue weighted by Gasteiger charge is 1.83. The summed E-state index contributed by atoms with van der Waals surface area (Å²) in [5.74, 6) is 0. The lowest BCUT2D eigenvalue weighted by molar-refractivity contribution is -0.838. The first-order valence-electron chi connectivity index (χ1n) is 2.66. The zero-order valence-electron chi connectivity index (χ0n) is 5.52. The molecule has 0 amide bonds. The maximum Gasteiger partial charge on any atom is 0.0879 e. The normalized spacial score (nSPS) is 13.2. The molecule has 0 rings (SSSR count). The van der Waals surface area contributed by atoms with E-state index in [4.69, 9.17) is 0 Å². The first-order chi connectivity index (χ1) is 3.81. The van der Waals surface area contributed by atoms with E-state index in [-0.39, 0.29) is 0 Å². The summed E-state index contributed by atoms with van der Waals surface area (Å²) in [5, 5.41) is 1.14. The molecular formula is C5H13N3. The van der Waals surface area contributed by atoms with Gasteiger partial charge in [-0.25, -0.2) is 0 Å². The summed E-state index contributed by atoms with van der Waals surface area (Å²) in [7, 11) is 3.78. The van der Waals surface area contributed by atoms with E-state index >= 15 is 0 Å². The SMILES string of the molecule is C=NCC[NH+](C)[N-]C. The molecule has 3 nitrogen and oxygen atoms in total. The van der Waals surface area contributed by atoms with Crippen LogP contribution in [0.2, 0.25) is 0 Å². The zero-order valence-corrected chi connectivity index (χ0v) is 5.52. The van der Waals surface area contributed by atoms with Crippen molar-refractivity contribution in [2.75, 3.05) is 27.2 Å². The highest BCUT2D eigenvalue weighted by atomic mass is 15.5. The Morgan fingerprint density at radius 1 is 1.75 bits per heavy atom. The van der Waals surface area contributed by atoms with Crippen molar-refractivity contribution in [3.8, 4) is 0 Å². The third kappa shape index (κ3) is 3.77. The molecule has 0 aliphatic heterocycles. The van der Waals surface area contributed by atoms with Crippen LogP contribution in [0.3, 0.4) is 0 Å². The molecule has 0 saturated carbocycles. The Labute approximate surface area is 50.4 Å². The van der Waals surface area contributed by atoms with Crippen LogP contribution in [0, 0.1) is 0 Å². The fourth-order valence-electron chi connectivity index (χ4n) is 0.353. The molecule has 8 heavy (non-hydrogen) atoms. The van der Waals surface area contributed by atoms with E-state index in [0.717, 1.165) is 18.1 Å². The van der Waals surface area contributed by atoms with Gasteiger partial charge < -0.3 is 10.4 Å². The fourth-order valence-corrected chi connectivity index (χ4v) is 0.353. The van der Waals surface area contributed by atoms with Gasteiger partial charge in [0.2, 0.25) is 0 Å². The highest BCUT2D eigenvalue weighted by Crippen LogP contribution is 1.58. The van der Waals surface area contributed by atoms with Crippen molar-refractivity contribution in [3.63, 3.8) is 0 Å². The lowest BCUT2D eigenvalue weighted by atomic mass is 10.6. The van der Waals surface area contributed by atoms with Crippen molar-refractivity contribution >= 4 is 6.72 Å². The number of quaternary nitrogens is 1. The van der Waals surface area contributed by atoms with Crippen LogP contribution in [-0.2, 0) is 0 Å². The highest BCUT2D eigenvalue weighted by molar-refractivity contribution is 5.22. The van der Waals surface area contributed by atoms with Gasteiger partial charge in [-0.15, -0.1) is 7.05 Å². The smallest absolute Gasteiger partial charge is 0.0879 e. The molecule has 0 aliphatic carbocycles. The molecule has 0 fully saturated rings. The van der Waals surface area contributed by atoms with E-state index in [9.17, 15) is 0 Å². The number of likely N-dealkylation sites (N-methyl/N-ethyl adjacent to an activating group) is 1. The van der Waals surface area contributed by atoms with Crippen LogP contribution in [0.15, 0.2) is 4.99 Å². The number of nitrogens with one attached hydrogen (secondary N) is 1. The lowest BCUT2D eigenvalue weighted by Gasteiger charge is -2.21. The Kier molecular flexibility index (Phi) is 4.50. The van der Waals surface area contributed by atoms with E-state index in [1.807, 2.05) is 7.05 Å². The van der Waals surface area contributed by atoms with Gasteiger partial charge in [0.25, 0.3) is 0 Å². The standard InChI is InChI=1S/C5H13N3/c1-6-4-5-8(3)7-2/h8H,1,4-5H2,2-3H3. The van der Waals surface area contributed by atoms with Crippen LogP contribution < -0.4 is 5.01 Å². The average Bonchev–Trinajstić information content (AvgIpc) is 1.83. The van der Waals surface area contributed by atoms with E-state index < -0.39 is 0 Å². The number of hydrogen-bond donors (Lipinski definition) is 1. The average molecular weight is 115 g/mol. The molecule has 0 aromatic heterocycles. The molecule has 0 spiro atoms. The Morgan fingerprint density at radius 2 is 2.38 bits per heavy atom. The summed E-state index contributed by atoms with van der Waals surface area (Å²) in [5.41, 5.74) is 3.95. The van der Waals surface area contributed by atoms with E-state index in [1.54, 1.807) is 7.05 Å². The first kappa shape index (κ1) is 7.59. The molecule has 0 aromatic carbocycles. The lowest BCUT2D eigenvalue weighted by Crippen LogP contribution is -3.05.